The van der Waals surface area contributed by atoms with Crippen LogP contribution in [0, 0.1) is 20.8 Å². The van der Waals surface area contributed by atoms with Gasteiger partial charge >= 0.3 is 6.18 Å². The molecule has 0 aliphatic carbocycles. The minimum atomic E-state index is -4.40. The van der Waals surface area contributed by atoms with Gasteiger partial charge < -0.3 is 5.11 Å². The van der Waals surface area contributed by atoms with Gasteiger partial charge in [0, 0.05) is 12.1 Å². The van der Waals surface area contributed by atoms with Crippen molar-refractivity contribution in [2.45, 2.75) is 26.9 Å². The first-order valence-electron chi connectivity index (χ1n) is 6.65. The molecule has 1 N–H and O–H groups in total. The lowest BCUT2D eigenvalue weighted by Gasteiger charge is -2.22. The summed E-state index contributed by atoms with van der Waals surface area (Å²) in [6.07, 6.45) is -4.40. The van der Waals surface area contributed by atoms with Crippen LogP contribution in [0.4, 0.5) is 13.2 Å². The van der Waals surface area contributed by atoms with Crippen molar-refractivity contribution in [3.05, 3.63) is 34.4 Å². The molecule has 0 aromatic heterocycles. The first-order chi connectivity index (χ1) is 9.64. The van der Waals surface area contributed by atoms with Crippen molar-refractivity contribution in [2.75, 3.05) is 26.2 Å². The number of aryl methyl sites for hydroxylation is 3. The van der Waals surface area contributed by atoms with E-state index in [2.05, 4.69) is 0 Å². The maximum absolute atomic E-state index is 12.5. The Morgan fingerprint density at radius 3 is 2.14 bits per heavy atom. The Hall–Kier alpha value is -1.40. The summed E-state index contributed by atoms with van der Waals surface area (Å²) in [4.78, 5) is 13.2. The monoisotopic (exact) mass is 303 g/mol. The predicted octanol–water partition coefficient (Wildman–Crippen LogP) is 2.65. The summed E-state index contributed by atoms with van der Waals surface area (Å²) in [6.45, 7) is 3.27. The number of carbonyl (C=O) groups excluding carboxylic acids is 1. The lowest BCUT2D eigenvalue weighted by Crippen LogP contribution is -2.39. The van der Waals surface area contributed by atoms with E-state index in [9.17, 15) is 18.0 Å². The Morgan fingerprint density at radius 1 is 1.19 bits per heavy atom. The number of hydrogen-bond acceptors (Lipinski definition) is 3. The van der Waals surface area contributed by atoms with Gasteiger partial charge in [0.05, 0.1) is 19.7 Å². The number of alkyl halides is 3. The van der Waals surface area contributed by atoms with Crippen LogP contribution in [0.2, 0.25) is 0 Å². The third-order valence-electron chi connectivity index (χ3n) is 3.14. The molecule has 6 heteroatoms. The molecular formula is C15H20F3NO2. The van der Waals surface area contributed by atoms with Gasteiger partial charge in [0.15, 0.2) is 5.78 Å². The number of aliphatic hydroxyl groups is 1. The highest BCUT2D eigenvalue weighted by Crippen LogP contribution is 2.19. The topological polar surface area (TPSA) is 40.5 Å². The minimum absolute atomic E-state index is 0.185. The van der Waals surface area contributed by atoms with Gasteiger partial charge in [-0.1, -0.05) is 17.7 Å². The van der Waals surface area contributed by atoms with Crippen LogP contribution in [0.5, 0.6) is 0 Å². The second kappa shape index (κ2) is 7.04. The largest absolute Gasteiger partial charge is 0.401 e. The maximum Gasteiger partial charge on any atom is 0.401 e. The van der Waals surface area contributed by atoms with Crippen LogP contribution in [0.3, 0.4) is 0 Å². The van der Waals surface area contributed by atoms with E-state index < -0.39 is 19.3 Å². The van der Waals surface area contributed by atoms with E-state index >= 15 is 0 Å². The minimum Gasteiger partial charge on any atom is -0.395 e. The predicted molar refractivity (Wildman–Crippen MR) is 74.6 cm³/mol. The van der Waals surface area contributed by atoms with E-state index in [0.29, 0.717) is 5.56 Å². The molecule has 118 valence electrons. The molecule has 1 aromatic carbocycles. The molecular weight excluding hydrogens is 283 g/mol. The van der Waals surface area contributed by atoms with Crippen molar-refractivity contribution < 1.29 is 23.1 Å². The number of benzene rings is 1. The molecule has 0 bridgehead atoms. The van der Waals surface area contributed by atoms with Crippen LogP contribution in [-0.2, 0) is 0 Å². The van der Waals surface area contributed by atoms with Gasteiger partial charge in [-0.2, -0.15) is 13.2 Å². The SMILES string of the molecule is Cc1cc(C)c(C(=O)CN(CCO)CC(F)(F)F)c(C)c1. The molecule has 0 aliphatic heterocycles. The summed E-state index contributed by atoms with van der Waals surface area (Å²) in [6, 6.07) is 3.67. The summed E-state index contributed by atoms with van der Waals surface area (Å²) in [5, 5.41) is 8.84. The van der Waals surface area contributed by atoms with Gasteiger partial charge in [-0.25, -0.2) is 0 Å². The Kier molecular flexibility index (Phi) is 5.92. The lowest BCUT2D eigenvalue weighted by molar-refractivity contribution is -0.145. The Labute approximate surface area is 122 Å². The number of rotatable bonds is 6. The molecule has 0 aliphatic rings. The average molecular weight is 303 g/mol. The van der Waals surface area contributed by atoms with E-state index in [1.54, 1.807) is 13.8 Å². The van der Waals surface area contributed by atoms with Crippen molar-refractivity contribution in [1.29, 1.82) is 0 Å². The molecule has 1 rings (SSSR count). The van der Waals surface area contributed by atoms with E-state index in [4.69, 9.17) is 5.11 Å². The highest BCUT2D eigenvalue weighted by atomic mass is 19.4. The summed E-state index contributed by atoms with van der Waals surface area (Å²) < 4.78 is 37.4. The van der Waals surface area contributed by atoms with Crippen LogP contribution >= 0.6 is 0 Å². The quantitative estimate of drug-likeness (QED) is 0.821. The van der Waals surface area contributed by atoms with Gasteiger partial charge in [0.1, 0.15) is 0 Å². The van der Waals surface area contributed by atoms with E-state index in [-0.39, 0.29) is 18.9 Å². The first kappa shape index (κ1) is 17.7. The van der Waals surface area contributed by atoms with Gasteiger partial charge in [0.2, 0.25) is 0 Å². The highest BCUT2D eigenvalue weighted by molar-refractivity contribution is 6.00. The zero-order valence-corrected chi connectivity index (χ0v) is 12.4. The van der Waals surface area contributed by atoms with Crippen molar-refractivity contribution in [3.8, 4) is 0 Å². The van der Waals surface area contributed by atoms with Crippen LogP contribution in [0.1, 0.15) is 27.0 Å². The summed E-state index contributed by atoms with van der Waals surface area (Å²) >= 11 is 0. The third-order valence-corrected chi connectivity index (χ3v) is 3.14. The molecule has 3 nitrogen and oxygen atoms in total. The van der Waals surface area contributed by atoms with Crippen molar-refractivity contribution in [1.82, 2.24) is 4.90 Å². The third kappa shape index (κ3) is 5.47. The van der Waals surface area contributed by atoms with E-state index in [0.717, 1.165) is 21.6 Å². The molecule has 0 spiro atoms. The molecule has 0 saturated carbocycles. The zero-order valence-electron chi connectivity index (χ0n) is 12.4. The normalized spacial score (nSPS) is 12.0. The number of hydrogen-bond donors (Lipinski definition) is 1. The number of nitrogens with zero attached hydrogens (tertiary/aromatic N) is 1. The summed E-state index contributed by atoms with van der Waals surface area (Å²) in [7, 11) is 0. The molecule has 21 heavy (non-hydrogen) atoms. The number of ketones is 1. The molecule has 0 heterocycles. The van der Waals surface area contributed by atoms with Gasteiger partial charge in [-0.15, -0.1) is 0 Å². The van der Waals surface area contributed by atoms with Gasteiger partial charge in [-0.3, -0.25) is 9.69 Å². The molecule has 0 unspecified atom stereocenters. The zero-order chi connectivity index (χ0) is 16.2. The van der Waals surface area contributed by atoms with E-state index in [1.165, 1.54) is 0 Å². The Morgan fingerprint density at radius 2 is 1.71 bits per heavy atom. The fraction of sp³-hybridized carbons (Fsp3) is 0.533. The number of Topliss-reactive ketones (excluding diaryl/α,β-unsaturated/α-hetero) is 1. The fourth-order valence-corrected chi connectivity index (χ4v) is 2.51. The van der Waals surface area contributed by atoms with Gasteiger partial charge in [0.25, 0.3) is 0 Å². The van der Waals surface area contributed by atoms with Crippen LogP contribution in [0.15, 0.2) is 12.1 Å². The number of aliphatic hydroxyl groups excluding tert-OH is 1. The smallest absolute Gasteiger partial charge is 0.395 e. The van der Waals surface area contributed by atoms with Crippen molar-refractivity contribution in [3.63, 3.8) is 0 Å². The molecule has 0 fully saturated rings. The average Bonchev–Trinajstić information content (AvgIpc) is 2.24. The molecule has 0 atom stereocenters. The fourth-order valence-electron chi connectivity index (χ4n) is 2.51. The molecule has 0 amide bonds. The Balaban J connectivity index is 2.92. The Bertz CT molecular complexity index is 489. The summed E-state index contributed by atoms with van der Waals surface area (Å²) in [5.41, 5.74) is 2.98. The van der Waals surface area contributed by atoms with Crippen LogP contribution < -0.4 is 0 Å². The molecule has 0 radical (unpaired) electrons. The van der Waals surface area contributed by atoms with Crippen LogP contribution in [-0.4, -0.2) is 48.2 Å². The summed E-state index contributed by atoms with van der Waals surface area (Å²) in [5.74, 6) is -0.359. The van der Waals surface area contributed by atoms with Gasteiger partial charge in [-0.05, 0) is 31.9 Å². The van der Waals surface area contributed by atoms with E-state index in [1.807, 2.05) is 19.1 Å². The van der Waals surface area contributed by atoms with Crippen LogP contribution in [0.25, 0.3) is 0 Å². The van der Waals surface area contributed by atoms with Crippen molar-refractivity contribution >= 4 is 5.78 Å². The van der Waals surface area contributed by atoms with Crippen molar-refractivity contribution in [2.24, 2.45) is 0 Å². The second-order valence-corrected chi connectivity index (χ2v) is 5.25. The molecule has 1 aromatic rings. The highest BCUT2D eigenvalue weighted by Gasteiger charge is 2.31. The standard InChI is InChI=1S/C15H20F3NO2/c1-10-6-11(2)14(12(3)7-10)13(21)8-19(4-5-20)9-15(16,17)18/h6-7,20H,4-5,8-9H2,1-3H3. The number of carbonyl (C=O) groups is 1. The maximum atomic E-state index is 12.5. The number of halogens is 3. The second-order valence-electron chi connectivity index (χ2n) is 5.25. The molecule has 0 saturated heterocycles. The lowest BCUT2D eigenvalue weighted by atomic mass is 9.96. The first-order valence-corrected chi connectivity index (χ1v) is 6.65.